The number of fused-ring (bicyclic) bond motifs is 3. The van der Waals surface area contributed by atoms with E-state index < -0.39 is 0 Å². The van der Waals surface area contributed by atoms with Gasteiger partial charge in [0.2, 0.25) is 0 Å². The SMILES string of the molecule is COc1ccccc1-c1nc(C(=O)NCCO)cc2c1[nH]c1ccccc12. The minimum absolute atomic E-state index is 0.125. The van der Waals surface area contributed by atoms with Gasteiger partial charge < -0.3 is 20.1 Å². The van der Waals surface area contributed by atoms with Crippen molar-refractivity contribution in [1.82, 2.24) is 15.3 Å². The molecule has 4 rings (SSSR count). The number of hydrogen-bond acceptors (Lipinski definition) is 4. The van der Waals surface area contributed by atoms with Crippen LogP contribution in [-0.4, -0.2) is 41.2 Å². The molecule has 0 bridgehead atoms. The van der Waals surface area contributed by atoms with Crippen molar-refractivity contribution in [3.05, 3.63) is 60.3 Å². The minimum Gasteiger partial charge on any atom is -0.496 e. The number of aromatic amines is 1. The number of nitrogens with zero attached hydrogens (tertiary/aromatic N) is 1. The summed E-state index contributed by atoms with van der Waals surface area (Å²) >= 11 is 0. The van der Waals surface area contributed by atoms with E-state index in [9.17, 15) is 4.79 Å². The second-order valence-corrected chi connectivity index (χ2v) is 6.13. The molecule has 0 aliphatic heterocycles. The number of amides is 1. The Labute approximate surface area is 155 Å². The Morgan fingerprint density at radius 3 is 2.74 bits per heavy atom. The molecule has 0 fully saturated rings. The maximum atomic E-state index is 12.5. The molecule has 0 spiro atoms. The lowest BCUT2D eigenvalue weighted by Gasteiger charge is -2.11. The fourth-order valence-corrected chi connectivity index (χ4v) is 3.26. The van der Waals surface area contributed by atoms with Crippen molar-refractivity contribution in [3.8, 4) is 17.0 Å². The lowest BCUT2D eigenvalue weighted by Crippen LogP contribution is -2.27. The molecule has 1 amide bonds. The van der Waals surface area contributed by atoms with Gasteiger partial charge in [0.15, 0.2) is 0 Å². The van der Waals surface area contributed by atoms with Gasteiger partial charge in [-0.05, 0) is 24.3 Å². The summed E-state index contributed by atoms with van der Waals surface area (Å²) in [5.74, 6) is 0.352. The monoisotopic (exact) mass is 361 g/mol. The molecule has 0 saturated carbocycles. The van der Waals surface area contributed by atoms with Gasteiger partial charge in [-0.25, -0.2) is 4.98 Å². The lowest BCUT2D eigenvalue weighted by molar-refractivity contribution is 0.0940. The standard InChI is InChI=1S/C21H19N3O3/c1-27-18-9-5-3-7-14(18)19-20-15(13-6-2-4-8-16(13)23-20)12-17(24-19)21(26)22-10-11-25/h2-9,12,23,25H,10-11H2,1H3,(H,22,26). The molecular weight excluding hydrogens is 342 g/mol. The normalized spacial score (nSPS) is 11.0. The molecule has 136 valence electrons. The Bertz CT molecular complexity index is 1130. The maximum absolute atomic E-state index is 12.5. The topological polar surface area (TPSA) is 87.2 Å². The zero-order valence-corrected chi connectivity index (χ0v) is 14.8. The number of methoxy groups -OCH3 is 1. The summed E-state index contributed by atoms with van der Waals surface area (Å²) in [7, 11) is 1.61. The highest BCUT2D eigenvalue weighted by atomic mass is 16.5. The van der Waals surface area contributed by atoms with Crippen molar-refractivity contribution in [2.24, 2.45) is 0 Å². The molecule has 0 aliphatic carbocycles. The third-order valence-corrected chi connectivity index (χ3v) is 4.49. The van der Waals surface area contributed by atoms with Crippen LogP contribution in [-0.2, 0) is 0 Å². The van der Waals surface area contributed by atoms with Gasteiger partial charge in [0.25, 0.3) is 5.91 Å². The number of carbonyl (C=O) groups is 1. The first-order valence-electron chi connectivity index (χ1n) is 8.67. The molecule has 2 aromatic heterocycles. The van der Waals surface area contributed by atoms with Crippen molar-refractivity contribution in [2.45, 2.75) is 0 Å². The molecule has 0 aliphatic rings. The number of aromatic nitrogens is 2. The van der Waals surface area contributed by atoms with E-state index in [1.54, 1.807) is 13.2 Å². The Morgan fingerprint density at radius 1 is 1.15 bits per heavy atom. The van der Waals surface area contributed by atoms with E-state index in [2.05, 4.69) is 15.3 Å². The number of nitrogens with one attached hydrogen (secondary N) is 2. The van der Waals surface area contributed by atoms with Gasteiger partial charge in [-0.15, -0.1) is 0 Å². The van der Waals surface area contributed by atoms with Crippen LogP contribution in [0.15, 0.2) is 54.6 Å². The highest BCUT2D eigenvalue weighted by Gasteiger charge is 2.18. The van der Waals surface area contributed by atoms with Crippen LogP contribution in [0.1, 0.15) is 10.5 Å². The van der Waals surface area contributed by atoms with Crippen LogP contribution >= 0.6 is 0 Å². The van der Waals surface area contributed by atoms with E-state index >= 15 is 0 Å². The van der Waals surface area contributed by atoms with E-state index in [4.69, 9.17) is 9.84 Å². The zero-order chi connectivity index (χ0) is 18.8. The number of pyridine rings is 1. The van der Waals surface area contributed by atoms with Crippen LogP contribution in [0.3, 0.4) is 0 Å². The maximum Gasteiger partial charge on any atom is 0.270 e. The van der Waals surface area contributed by atoms with Crippen LogP contribution in [0.25, 0.3) is 33.1 Å². The number of hydrogen-bond donors (Lipinski definition) is 3. The Balaban J connectivity index is 2.02. The average molecular weight is 361 g/mol. The molecule has 0 atom stereocenters. The quantitative estimate of drug-likeness (QED) is 0.510. The van der Waals surface area contributed by atoms with E-state index in [-0.39, 0.29) is 19.1 Å². The molecule has 6 nitrogen and oxygen atoms in total. The lowest BCUT2D eigenvalue weighted by atomic mass is 10.1. The highest BCUT2D eigenvalue weighted by molar-refractivity contribution is 6.13. The Morgan fingerprint density at radius 2 is 1.93 bits per heavy atom. The summed E-state index contributed by atoms with van der Waals surface area (Å²) in [4.78, 5) is 20.6. The van der Waals surface area contributed by atoms with Gasteiger partial charge in [-0.3, -0.25) is 4.79 Å². The molecule has 2 heterocycles. The van der Waals surface area contributed by atoms with Crippen LogP contribution < -0.4 is 10.1 Å². The number of aliphatic hydroxyl groups excluding tert-OH is 1. The fraction of sp³-hybridized carbons (Fsp3) is 0.143. The summed E-state index contributed by atoms with van der Waals surface area (Å²) in [6.07, 6.45) is 0. The predicted octanol–water partition coefficient (Wildman–Crippen LogP) is 3.11. The number of ether oxygens (including phenoxy) is 1. The van der Waals surface area contributed by atoms with E-state index in [0.29, 0.717) is 17.1 Å². The van der Waals surface area contributed by atoms with Gasteiger partial charge >= 0.3 is 0 Å². The molecule has 27 heavy (non-hydrogen) atoms. The number of para-hydroxylation sites is 2. The highest BCUT2D eigenvalue weighted by Crippen LogP contribution is 2.36. The molecule has 2 aromatic carbocycles. The third kappa shape index (κ3) is 3.00. The van der Waals surface area contributed by atoms with Crippen molar-refractivity contribution >= 4 is 27.7 Å². The van der Waals surface area contributed by atoms with Crippen molar-refractivity contribution < 1.29 is 14.6 Å². The van der Waals surface area contributed by atoms with Crippen molar-refractivity contribution in [3.63, 3.8) is 0 Å². The number of benzene rings is 2. The molecule has 0 radical (unpaired) electrons. The van der Waals surface area contributed by atoms with Crippen molar-refractivity contribution in [1.29, 1.82) is 0 Å². The average Bonchev–Trinajstić information content (AvgIpc) is 3.10. The smallest absolute Gasteiger partial charge is 0.270 e. The molecule has 0 unspecified atom stereocenters. The molecule has 4 aromatic rings. The Hall–Kier alpha value is -3.38. The summed E-state index contributed by atoms with van der Waals surface area (Å²) in [6.45, 7) is 0.0524. The summed E-state index contributed by atoms with van der Waals surface area (Å²) in [5, 5.41) is 13.6. The molecule has 3 N–H and O–H groups in total. The first-order chi connectivity index (χ1) is 13.2. The third-order valence-electron chi connectivity index (χ3n) is 4.49. The summed E-state index contributed by atoms with van der Waals surface area (Å²) in [5.41, 5.74) is 3.56. The van der Waals surface area contributed by atoms with Crippen LogP contribution in [0.4, 0.5) is 0 Å². The minimum atomic E-state index is -0.327. The first kappa shape index (κ1) is 17.1. The largest absolute Gasteiger partial charge is 0.496 e. The molecule has 6 heteroatoms. The van der Waals surface area contributed by atoms with Crippen LogP contribution in [0.2, 0.25) is 0 Å². The van der Waals surface area contributed by atoms with Gasteiger partial charge in [0.1, 0.15) is 11.4 Å². The van der Waals surface area contributed by atoms with Gasteiger partial charge in [0.05, 0.1) is 24.9 Å². The van der Waals surface area contributed by atoms with Gasteiger partial charge in [-0.1, -0.05) is 30.3 Å². The van der Waals surface area contributed by atoms with Crippen LogP contribution in [0, 0.1) is 0 Å². The number of rotatable bonds is 5. The van der Waals surface area contributed by atoms with E-state index in [1.165, 1.54) is 0 Å². The number of H-pyrrole nitrogens is 1. The zero-order valence-electron chi connectivity index (χ0n) is 14.8. The van der Waals surface area contributed by atoms with E-state index in [0.717, 1.165) is 27.4 Å². The molecule has 0 saturated heterocycles. The predicted molar refractivity (Wildman–Crippen MR) is 105 cm³/mol. The van der Waals surface area contributed by atoms with Gasteiger partial charge in [-0.2, -0.15) is 0 Å². The summed E-state index contributed by atoms with van der Waals surface area (Å²) in [6, 6.07) is 17.3. The van der Waals surface area contributed by atoms with Crippen molar-refractivity contribution in [2.75, 3.05) is 20.3 Å². The second-order valence-electron chi connectivity index (χ2n) is 6.13. The van der Waals surface area contributed by atoms with E-state index in [1.807, 2.05) is 48.5 Å². The number of carbonyl (C=O) groups excluding carboxylic acids is 1. The molecular formula is C21H19N3O3. The fourth-order valence-electron chi connectivity index (χ4n) is 3.26. The number of aliphatic hydroxyl groups is 1. The Kier molecular flexibility index (Phi) is 4.48. The van der Waals surface area contributed by atoms with Gasteiger partial charge in [0, 0.05) is 28.4 Å². The first-order valence-corrected chi connectivity index (χ1v) is 8.67. The van der Waals surface area contributed by atoms with Crippen LogP contribution in [0.5, 0.6) is 5.75 Å². The second kappa shape index (κ2) is 7.09. The summed E-state index contributed by atoms with van der Waals surface area (Å²) < 4.78 is 5.50.